The molecule has 0 atom stereocenters. The normalized spacial score (nSPS) is 13.2. The van der Waals surface area contributed by atoms with Crippen molar-refractivity contribution >= 4 is 11.8 Å². The van der Waals surface area contributed by atoms with Crippen molar-refractivity contribution in [3.8, 4) is 11.4 Å². The molecule has 0 aromatic carbocycles. The molecule has 0 saturated carbocycles. The van der Waals surface area contributed by atoms with Gasteiger partial charge in [-0.15, -0.1) is 0 Å². The first-order valence-electron chi connectivity index (χ1n) is 6.29. The van der Waals surface area contributed by atoms with E-state index in [1.807, 2.05) is 19.4 Å². The van der Waals surface area contributed by atoms with Gasteiger partial charge in [-0.25, -0.2) is 9.97 Å². The number of hydrogen-bond acceptors (Lipinski definition) is 6. The Morgan fingerprint density at radius 3 is 3.05 bits per heavy atom. The molecule has 2 aromatic rings. The second kappa shape index (κ2) is 5.30. The quantitative estimate of drug-likeness (QED) is 0.632. The summed E-state index contributed by atoms with van der Waals surface area (Å²) in [7, 11) is 0. The molecular weight excluding hydrogens is 262 g/mol. The number of thioether (sulfide) groups is 1. The van der Waals surface area contributed by atoms with Crippen molar-refractivity contribution in [2.75, 3.05) is 12.9 Å². The van der Waals surface area contributed by atoms with E-state index in [0.717, 1.165) is 46.3 Å². The van der Waals surface area contributed by atoms with E-state index in [0.29, 0.717) is 13.2 Å². The summed E-state index contributed by atoms with van der Waals surface area (Å²) in [5.41, 5.74) is 4.04. The van der Waals surface area contributed by atoms with Crippen LogP contribution < -0.4 is 0 Å². The van der Waals surface area contributed by atoms with Gasteiger partial charge in [0.2, 0.25) is 0 Å². The number of nitrogens with zero attached hydrogens (tertiary/aromatic N) is 3. The molecule has 0 fully saturated rings. The van der Waals surface area contributed by atoms with E-state index in [1.54, 1.807) is 0 Å². The summed E-state index contributed by atoms with van der Waals surface area (Å²) >= 11 is 1.53. The van der Waals surface area contributed by atoms with Crippen molar-refractivity contribution in [2.45, 2.75) is 31.5 Å². The third kappa shape index (κ3) is 2.26. The molecule has 19 heavy (non-hydrogen) atoms. The van der Waals surface area contributed by atoms with E-state index < -0.39 is 0 Å². The molecule has 1 aliphatic rings. The fourth-order valence-corrected chi connectivity index (χ4v) is 2.57. The van der Waals surface area contributed by atoms with Gasteiger partial charge in [-0.05, 0) is 31.6 Å². The minimum absolute atomic E-state index is 0.481. The maximum atomic E-state index is 5.41. The molecule has 0 spiro atoms. The van der Waals surface area contributed by atoms with Gasteiger partial charge < -0.3 is 9.26 Å². The van der Waals surface area contributed by atoms with Gasteiger partial charge in [0.05, 0.1) is 0 Å². The molecule has 2 aromatic heterocycles. The number of hydrogen-bond donors (Lipinski definition) is 0. The number of rotatable bonds is 4. The van der Waals surface area contributed by atoms with E-state index in [4.69, 9.17) is 9.26 Å². The maximum Gasteiger partial charge on any atom is 0.187 e. The van der Waals surface area contributed by atoms with E-state index in [-0.39, 0.29) is 0 Å². The smallest absolute Gasteiger partial charge is 0.187 e. The molecule has 3 rings (SSSR count). The van der Waals surface area contributed by atoms with Crippen LogP contribution in [0.1, 0.15) is 23.8 Å². The Balaban J connectivity index is 2.01. The highest BCUT2D eigenvalue weighted by atomic mass is 32.2. The second-order valence-corrected chi connectivity index (χ2v) is 5.07. The Morgan fingerprint density at radius 2 is 2.26 bits per heavy atom. The molecular formula is C13H15N3O2S. The SMILES string of the molecule is CCOCc1onc2c1CCc1cnc(SC)nc1-2. The highest BCUT2D eigenvalue weighted by Crippen LogP contribution is 2.33. The lowest BCUT2D eigenvalue weighted by molar-refractivity contribution is 0.112. The van der Waals surface area contributed by atoms with Gasteiger partial charge in [0, 0.05) is 18.4 Å². The Labute approximate surface area is 115 Å². The number of ether oxygens (including phenoxy) is 1. The van der Waals surface area contributed by atoms with E-state index in [9.17, 15) is 0 Å². The zero-order valence-electron chi connectivity index (χ0n) is 11.0. The Hall–Kier alpha value is -1.40. The van der Waals surface area contributed by atoms with Crippen molar-refractivity contribution in [2.24, 2.45) is 0 Å². The highest BCUT2D eigenvalue weighted by Gasteiger charge is 2.25. The first-order valence-corrected chi connectivity index (χ1v) is 7.51. The Kier molecular flexibility index (Phi) is 3.52. The third-order valence-corrected chi connectivity index (χ3v) is 3.76. The molecule has 0 unspecified atom stereocenters. The first kappa shape index (κ1) is 12.6. The van der Waals surface area contributed by atoms with Crippen LogP contribution in [0, 0.1) is 0 Å². The maximum absolute atomic E-state index is 5.41. The predicted octanol–water partition coefficient (Wildman–Crippen LogP) is 2.49. The van der Waals surface area contributed by atoms with Crippen LogP contribution >= 0.6 is 11.8 Å². The molecule has 2 heterocycles. The van der Waals surface area contributed by atoms with Crippen LogP contribution in [0.3, 0.4) is 0 Å². The molecule has 5 nitrogen and oxygen atoms in total. The summed E-state index contributed by atoms with van der Waals surface area (Å²) in [4.78, 5) is 8.86. The average Bonchev–Trinajstić information content (AvgIpc) is 2.88. The summed E-state index contributed by atoms with van der Waals surface area (Å²) in [6, 6.07) is 0. The van der Waals surface area contributed by atoms with E-state index in [1.165, 1.54) is 11.8 Å². The fraction of sp³-hybridized carbons (Fsp3) is 0.462. The summed E-state index contributed by atoms with van der Waals surface area (Å²) in [6.45, 7) is 3.12. The summed E-state index contributed by atoms with van der Waals surface area (Å²) in [5.74, 6) is 0.826. The zero-order chi connectivity index (χ0) is 13.2. The lowest BCUT2D eigenvalue weighted by Gasteiger charge is -2.14. The van der Waals surface area contributed by atoms with Gasteiger partial charge in [-0.1, -0.05) is 16.9 Å². The lowest BCUT2D eigenvalue weighted by atomic mass is 9.94. The van der Waals surface area contributed by atoms with Gasteiger partial charge in [0.15, 0.2) is 10.9 Å². The van der Waals surface area contributed by atoms with Crippen molar-refractivity contribution in [3.63, 3.8) is 0 Å². The average molecular weight is 277 g/mol. The largest absolute Gasteiger partial charge is 0.374 e. The second-order valence-electron chi connectivity index (χ2n) is 4.30. The summed E-state index contributed by atoms with van der Waals surface area (Å²) < 4.78 is 10.8. The van der Waals surface area contributed by atoms with Gasteiger partial charge in [-0.3, -0.25) is 0 Å². The van der Waals surface area contributed by atoms with E-state index >= 15 is 0 Å². The molecule has 6 heteroatoms. The summed E-state index contributed by atoms with van der Waals surface area (Å²) in [6.07, 6.45) is 5.70. The van der Waals surface area contributed by atoms with Crippen molar-refractivity contribution in [1.82, 2.24) is 15.1 Å². The fourth-order valence-electron chi connectivity index (χ4n) is 2.23. The van der Waals surface area contributed by atoms with Gasteiger partial charge in [-0.2, -0.15) is 0 Å². The predicted molar refractivity (Wildman–Crippen MR) is 72.0 cm³/mol. The minimum Gasteiger partial charge on any atom is -0.374 e. The van der Waals surface area contributed by atoms with Crippen LogP contribution in [0.2, 0.25) is 0 Å². The number of aromatic nitrogens is 3. The monoisotopic (exact) mass is 277 g/mol. The van der Waals surface area contributed by atoms with Gasteiger partial charge >= 0.3 is 0 Å². The topological polar surface area (TPSA) is 61.0 Å². The van der Waals surface area contributed by atoms with Crippen LogP contribution in [-0.2, 0) is 24.2 Å². The molecule has 0 bridgehead atoms. The van der Waals surface area contributed by atoms with E-state index in [2.05, 4.69) is 15.1 Å². The Morgan fingerprint density at radius 1 is 1.37 bits per heavy atom. The lowest BCUT2D eigenvalue weighted by Crippen LogP contribution is -2.08. The summed E-state index contributed by atoms with van der Waals surface area (Å²) in [5, 5.41) is 4.94. The molecule has 0 aliphatic heterocycles. The van der Waals surface area contributed by atoms with Crippen LogP contribution in [0.25, 0.3) is 11.4 Å². The van der Waals surface area contributed by atoms with Crippen LogP contribution in [-0.4, -0.2) is 28.0 Å². The van der Waals surface area contributed by atoms with Gasteiger partial charge in [0.1, 0.15) is 18.0 Å². The minimum atomic E-state index is 0.481. The molecule has 0 radical (unpaired) electrons. The van der Waals surface area contributed by atoms with Crippen molar-refractivity contribution < 1.29 is 9.26 Å². The zero-order valence-corrected chi connectivity index (χ0v) is 11.8. The third-order valence-electron chi connectivity index (χ3n) is 3.20. The van der Waals surface area contributed by atoms with Crippen LogP contribution in [0.4, 0.5) is 0 Å². The first-order chi connectivity index (χ1) is 9.33. The van der Waals surface area contributed by atoms with Crippen LogP contribution in [0.5, 0.6) is 0 Å². The number of aryl methyl sites for hydroxylation is 1. The molecule has 0 saturated heterocycles. The van der Waals surface area contributed by atoms with Crippen LogP contribution in [0.15, 0.2) is 15.9 Å². The molecule has 100 valence electrons. The van der Waals surface area contributed by atoms with Gasteiger partial charge in [0.25, 0.3) is 0 Å². The molecule has 0 amide bonds. The highest BCUT2D eigenvalue weighted by molar-refractivity contribution is 7.98. The molecule has 1 aliphatic carbocycles. The number of fused-ring (bicyclic) bond motifs is 3. The molecule has 0 N–H and O–H groups in total. The standard InChI is InChI=1S/C13H15N3O2S/c1-3-17-7-10-9-5-4-8-6-14-13(19-2)15-11(8)12(9)16-18-10/h6H,3-5,7H2,1-2H3. The van der Waals surface area contributed by atoms with Crippen molar-refractivity contribution in [3.05, 3.63) is 23.1 Å². The van der Waals surface area contributed by atoms with Crippen molar-refractivity contribution in [1.29, 1.82) is 0 Å². The Bertz CT molecular complexity index is 598.